The Morgan fingerprint density at radius 1 is 1.06 bits per heavy atom. The highest BCUT2D eigenvalue weighted by molar-refractivity contribution is 7.71. The molecule has 1 aromatic carbocycles. The van der Waals surface area contributed by atoms with Gasteiger partial charge in [-0.15, -0.1) is 23.2 Å². The van der Waals surface area contributed by atoms with Gasteiger partial charge in [-0.2, -0.15) is 4.98 Å². The quantitative estimate of drug-likeness (QED) is 0.0632. The first-order valence-corrected chi connectivity index (χ1v) is 18.7. The van der Waals surface area contributed by atoms with Gasteiger partial charge in [0.15, 0.2) is 16.5 Å². The lowest BCUT2D eigenvalue weighted by Gasteiger charge is -2.23. The number of aliphatic hydroxyl groups is 3. The van der Waals surface area contributed by atoms with Crippen molar-refractivity contribution in [1.29, 1.82) is 5.41 Å². The number of fused-ring (bicyclic) bond motifs is 1. The van der Waals surface area contributed by atoms with E-state index in [0.29, 0.717) is 16.4 Å². The molecule has 18 heteroatoms. The number of nitrogens with one attached hydrogen (secondary N) is 3. The number of H-pyrrole nitrogens is 2. The van der Waals surface area contributed by atoms with Gasteiger partial charge in [0, 0.05) is 48.5 Å². The predicted molar refractivity (Wildman–Crippen MR) is 217 cm³/mol. The SMILES string of the molecule is CC(C)C.CC(N)Cc1ccc(N(CCCl)CCCl)cc1.CCC(C)=N.Nc1ccn(C2OC(CO)C(O)C2O)c(=O)n1.S=c1nc[nH]c2nc[nH]c12. The molecule has 296 valence electrons. The molecule has 4 heterocycles. The van der Waals surface area contributed by atoms with Crippen molar-refractivity contribution in [2.45, 2.75) is 85.0 Å². The molecule has 0 spiro atoms. The van der Waals surface area contributed by atoms with Crippen molar-refractivity contribution in [3.63, 3.8) is 0 Å². The van der Waals surface area contributed by atoms with E-state index in [1.54, 1.807) is 13.3 Å². The van der Waals surface area contributed by atoms with Crippen LogP contribution in [0.15, 0.2) is 54.0 Å². The van der Waals surface area contributed by atoms with Gasteiger partial charge in [-0.05, 0) is 56.4 Å². The number of hydrogen-bond donors (Lipinski definition) is 8. The van der Waals surface area contributed by atoms with Gasteiger partial charge in [-0.3, -0.25) is 4.57 Å². The number of alkyl halides is 2. The number of nitrogens with zero attached hydrogens (tertiary/aromatic N) is 5. The molecule has 0 aliphatic carbocycles. The molecule has 0 bridgehead atoms. The maximum absolute atomic E-state index is 11.5. The monoisotopic (exact) mass is 798 g/mol. The van der Waals surface area contributed by atoms with Gasteiger partial charge >= 0.3 is 5.69 Å². The summed E-state index contributed by atoms with van der Waals surface area (Å²) in [6.45, 7) is 13.5. The van der Waals surface area contributed by atoms with Crippen molar-refractivity contribution < 1.29 is 20.1 Å². The minimum Gasteiger partial charge on any atom is -0.394 e. The van der Waals surface area contributed by atoms with E-state index >= 15 is 0 Å². The van der Waals surface area contributed by atoms with E-state index in [4.69, 9.17) is 62.1 Å². The molecule has 1 aliphatic rings. The number of halogens is 2. The molecule has 5 unspecified atom stereocenters. The van der Waals surface area contributed by atoms with Gasteiger partial charge in [-0.25, -0.2) is 14.8 Å². The van der Waals surface area contributed by atoms with Crippen molar-refractivity contribution >= 4 is 63.8 Å². The Kier molecular flexibility index (Phi) is 22.9. The number of aliphatic hydroxyl groups excluding tert-OH is 3. The highest BCUT2D eigenvalue weighted by atomic mass is 35.5. The number of rotatable bonds is 10. The average molecular weight is 800 g/mol. The summed E-state index contributed by atoms with van der Waals surface area (Å²) in [6, 6.07) is 10.0. The van der Waals surface area contributed by atoms with E-state index in [1.165, 1.54) is 29.8 Å². The van der Waals surface area contributed by atoms with Crippen molar-refractivity contribution in [3.05, 3.63) is 69.9 Å². The van der Waals surface area contributed by atoms with Gasteiger partial charge in [0.1, 0.15) is 29.6 Å². The summed E-state index contributed by atoms with van der Waals surface area (Å²) in [6.07, 6.45) is 1.65. The summed E-state index contributed by atoms with van der Waals surface area (Å²) in [5.74, 6) is 2.11. The van der Waals surface area contributed by atoms with Gasteiger partial charge < -0.3 is 51.8 Å². The normalized spacial score (nSPS) is 17.9. The molecule has 15 nitrogen and oxygen atoms in total. The zero-order valence-corrected chi connectivity index (χ0v) is 33.6. The highest BCUT2D eigenvalue weighted by Gasteiger charge is 2.43. The first kappa shape index (κ1) is 47.5. The maximum atomic E-state index is 11.5. The molecule has 4 aromatic rings. The summed E-state index contributed by atoms with van der Waals surface area (Å²) in [4.78, 5) is 30.7. The predicted octanol–water partition coefficient (Wildman–Crippen LogP) is 4.41. The fourth-order valence-corrected chi connectivity index (χ4v) is 4.92. The van der Waals surface area contributed by atoms with Gasteiger partial charge in [-0.1, -0.05) is 52.0 Å². The Morgan fingerprint density at radius 2 is 1.62 bits per heavy atom. The minimum atomic E-state index is -1.31. The number of aromatic amines is 2. The van der Waals surface area contributed by atoms with E-state index < -0.39 is 36.8 Å². The Labute approximate surface area is 326 Å². The van der Waals surface area contributed by atoms with Crippen LogP contribution in [0.4, 0.5) is 11.5 Å². The van der Waals surface area contributed by atoms with Crippen LogP contribution in [0.2, 0.25) is 0 Å². The lowest BCUT2D eigenvalue weighted by Crippen LogP contribution is -2.36. The van der Waals surface area contributed by atoms with Crippen LogP contribution in [0.1, 0.15) is 59.8 Å². The van der Waals surface area contributed by atoms with Crippen molar-refractivity contribution in [3.8, 4) is 0 Å². The topological polar surface area (TPSA) is 241 Å². The smallest absolute Gasteiger partial charge is 0.351 e. The van der Waals surface area contributed by atoms with Crippen LogP contribution in [0, 0.1) is 16.0 Å². The molecular weight excluding hydrogens is 743 g/mol. The number of anilines is 2. The molecule has 1 saturated heterocycles. The second-order valence-electron chi connectivity index (χ2n) is 12.7. The molecule has 0 radical (unpaired) electrons. The molecule has 5 atom stereocenters. The minimum absolute atomic E-state index is 0.0537. The van der Waals surface area contributed by atoms with E-state index in [-0.39, 0.29) is 11.9 Å². The van der Waals surface area contributed by atoms with Crippen molar-refractivity contribution in [2.75, 3.05) is 42.1 Å². The number of benzene rings is 1. The fraction of sp³-hybridized carbons (Fsp3) is 0.543. The van der Waals surface area contributed by atoms with Crippen LogP contribution in [0.5, 0.6) is 0 Å². The lowest BCUT2D eigenvalue weighted by molar-refractivity contribution is -0.0549. The lowest BCUT2D eigenvalue weighted by atomic mass is 10.1. The Bertz CT molecular complexity index is 1710. The second-order valence-corrected chi connectivity index (χ2v) is 13.8. The van der Waals surface area contributed by atoms with Crippen LogP contribution >= 0.6 is 35.4 Å². The van der Waals surface area contributed by atoms with Crippen LogP contribution < -0.4 is 22.1 Å². The van der Waals surface area contributed by atoms with Gasteiger partial charge in [0.05, 0.1) is 19.3 Å². The summed E-state index contributed by atoms with van der Waals surface area (Å²) in [7, 11) is 0. The van der Waals surface area contributed by atoms with Crippen LogP contribution in [-0.4, -0.2) is 106 Å². The fourth-order valence-electron chi connectivity index (χ4n) is 4.30. The van der Waals surface area contributed by atoms with E-state index in [2.05, 4.69) is 74.9 Å². The maximum Gasteiger partial charge on any atom is 0.351 e. The molecule has 10 N–H and O–H groups in total. The molecule has 0 amide bonds. The van der Waals surface area contributed by atoms with E-state index in [0.717, 1.165) is 53.3 Å². The summed E-state index contributed by atoms with van der Waals surface area (Å²) >= 11 is 16.5. The zero-order chi connectivity index (χ0) is 40.1. The number of imidazole rings is 1. The Balaban J connectivity index is 0.000000364. The van der Waals surface area contributed by atoms with Crippen molar-refractivity contribution in [2.24, 2.45) is 11.7 Å². The number of aromatic nitrogens is 6. The van der Waals surface area contributed by atoms with Crippen LogP contribution in [0.25, 0.3) is 11.2 Å². The molecule has 1 fully saturated rings. The van der Waals surface area contributed by atoms with Gasteiger partial charge in [0.2, 0.25) is 0 Å². The number of nitrogen functional groups attached to an aromatic ring is 1. The summed E-state index contributed by atoms with van der Waals surface area (Å²) < 4.78 is 6.74. The van der Waals surface area contributed by atoms with Gasteiger partial charge in [0.25, 0.3) is 0 Å². The third-order valence-electron chi connectivity index (χ3n) is 6.98. The van der Waals surface area contributed by atoms with E-state index in [9.17, 15) is 15.0 Å². The number of ether oxygens (including phenoxy) is 1. The average Bonchev–Trinajstić information content (AvgIpc) is 3.70. The standard InChI is InChI=1S/C13H20Cl2N2.C9H13N3O5.C5H4N4S.C4H9N.C4H10/c1-11(16)10-12-2-4-13(5-3-12)17(8-6-14)9-7-15;10-5-1-2-12(9(16)11-5)8-7(15)6(14)4(3-13)17-8;10-5-3-4(7-1-6-3)8-2-9-5;1-3-4(2)5;1-4(2)3/h2-5,11H,6-10,16H2,1H3;1-2,4,6-8,13-15H,3H2,(H2,10,11,16);1-2H,(H2,6,7,8,9,10);5H,3H2,1-2H3;4H,1-3H3. The van der Waals surface area contributed by atoms with Crippen LogP contribution in [0.3, 0.4) is 0 Å². The Hall–Kier alpha value is -3.48. The molecule has 1 aliphatic heterocycles. The molecule has 0 saturated carbocycles. The highest BCUT2D eigenvalue weighted by Crippen LogP contribution is 2.28. The molecule has 5 rings (SSSR count). The first-order chi connectivity index (χ1) is 25.1. The van der Waals surface area contributed by atoms with Crippen LogP contribution in [-0.2, 0) is 11.2 Å². The largest absolute Gasteiger partial charge is 0.394 e. The number of hydrogen-bond acceptors (Lipinski definition) is 13. The third-order valence-corrected chi connectivity index (χ3v) is 7.63. The second kappa shape index (κ2) is 25.5. The molecule has 3 aromatic heterocycles. The number of nitrogens with two attached hydrogens (primary N) is 2. The third kappa shape index (κ3) is 17.5. The summed E-state index contributed by atoms with van der Waals surface area (Å²) in [5.41, 5.74) is 15.1. The summed E-state index contributed by atoms with van der Waals surface area (Å²) in [5, 5.41) is 34.9. The zero-order valence-electron chi connectivity index (χ0n) is 31.2. The Morgan fingerprint density at radius 3 is 2.08 bits per heavy atom. The molecular formula is C35H56Cl2N10O5S. The first-order valence-electron chi connectivity index (χ1n) is 17.2. The molecule has 53 heavy (non-hydrogen) atoms. The van der Waals surface area contributed by atoms with Crippen molar-refractivity contribution in [1.82, 2.24) is 29.5 Å². The van der Waals surface area contributed by atoms with E-state index in [1.807, 2.05) is 13.8 Å².